The van der Waals surface area contributed by atoms with E-state index in [2.05, 4.69) is 33.4 Å². The van der Waals surface area contributed by atoms with Crippen LogP contribution in [0.4, 0.5) is 4.39 Å². The van der Waals surface area contributed by atoms with Gasteiger partial charge in [-0.1, -0.05) is 35.7 Å². The van der Waals surface area contributed by atoms with Crippen LogP contribution in [0.1, 0.15) is 25.1 Å². The number of benzene rings is 1. The lowest BCUT2D eigenvalue weighted by atomic mass is 9.81. The minimum atomic E-state index is -0.959. The van der Waals surface area contributed by atoms with E-state index in [1.165, 1.54) is 12.1 Å². The van der Waals surface area contributed by atoms with Crippen LogP contribution in [0.5, 0.6) is 0 Å². The molecule has 0 atom stereocenters. The molecule has 0 aliphatic heterocycles. The van der Waals surface area contributed by atoms with Gasteiger partial charge < -0.3 is 9.67 Å². The van der Waals surface area contributed by atoms with Gasteiger partial charge in [0.1, 0.15) is 22.8 Å². The van der Waals surface area contributed by atoms with E-state index >= 15 is 0 Å². The van der Waals surface area contributed by atoms with Gasteiger partial charge in [-0.05, 0) is 37.3 Å². The molecular formula is C20H16ClFN4O. The highest BCUT2D eigenvalue weighted by atomic mass is 35.5. The van der Waals surface area contributed by atoms with E-state index in [0.717, 1.165) is 6.42 Å². The molecule has 0 bridgehead atoms. The van der Waals surface area contributed by atoms with Crippen molar-refractivity contribution in [3.63, 3.8) is 0 Å². The Hall–Kier alpha value is -2.75. The van der Waals surface area contributed by atoms with Gasteiger partial charge in [0.15, 0.2) is 10.8 Å². The Morgan fingerprint density at radius 2 is 2.15 bits per heavy atom. The number of hydrogen-bond donors (Lipinski definition) is 1. The van der Waals surface area contributed by atoms with Crippen molar-refractivity contribution in [1.29, 1.82) is 0 Å². The van der Waals surface area contributed by atoms with Crippen LogP contribution < -0.4 is 0 Å². The molecule has 0 unspecified atom stereocenters. The highest BCUT2D eigenvalue weighted by Gasteiger charge is 2.32. The minimum Gasteiger partial charge on any atom is -0.378 e. The minimum absolute atomic E-state index is 0.158. The molecule has 7 heteroatoms. The number of aliphatic hydroxyl groups is 1. The van der Waals surface area contributed by atoms with Gasteiger partial charge in [-0.2, -0.15) is 0 Å². The normalized spacial score (nSPS) is 15.1. The van der Waals surface area contributed by atoms with Crippen molar-refractivity contribution in [2.45, 2.75) is 31.4 Å². The van der Waals surface area contributed by atoms with Crippen LogP contribution in [0.3, 0.4) is 0 Å². The van der Waals surface area contributed by atoms with E-state index in [1.54, 1.807) is 22.8 Å². The maximum Gasteiger partial charge on any atom is 0.208 e. The number of aromatic nitrogens is 4. The van der Waals surface area contributed by atoms with Gasteiger partial charge in [0.05, 0.1) is 0 Å². The van der Waals surface area contributed by atoms with Crippen molar-refractivity contribution < 1.29 is 9.50 Å². The molecule has 0 spiro atoms. The molecule has 27 heavy (non-hydrogen) atoms. The summed E-state index contributed by atoms with van der Waals surface area (Å²) in [6.07, 6.45) is 3.94. The number of rotatable bonds is 3. The first-order chi connectivity index (χ1) is 13.0. The van der Waals surface area contributed by atoms with Crippen molar-refractivity contribution in [3.05, 3.63) is 53.7 Å². The van der Waals surface area contributed by atoms with Crippen LogP contribution >= 0.6 is 11.6 Å². The quantitative estimate of drug-likeness (QED) is 0.426. The van der Waals surface area contributed by atoms with Gasteiger partial charge in [0.25, 0.3) is 0 Å². The molecule has 2 aromatic heterocycles. The highest BCUT2D eigenvalue weighted by molar-refractivity contribution is 6.33. The van der Waals surface area contributed by atoms with Crippen LogP contribution in [-0.4, -0.2) is 30.2 Å². The van der Waals surface area contributed by atoms with E-state index < -0.39 is 5.60 Å². The summed E-state index contributed by atoms with van der Waals surface area (Å²) < 4.78 is 15.5. The molecule has 0 radical (unpaired) electrons. The third-order valence-electron chi connectivity index (χ3n) is 4.53. The Morgan fingerprint density at radius 1 is 1.33 bits per heavy atom. The fourth-order valence-electron chi connectivity index (χ4n) is 2.98. The van der Waals surface area contributed by atoms with Crippen LogP contribution in [0.2, 0.25) is 5.15 Å². The van der Waals surface area contributed by atoms with E-state index in [0.29, 0.717) is 41.9 Å². The van der Waals surface area contributed by atoms with E-state index in [9.17, 15) is 9.50 Å². The second-order valence-electron chi connectivity index (χ2n) is 6.49. The zero-order valence-electron chi connectivity index (χ0n) is 14.4. The third kappa shape index (κ3) is 3.32. The zero-order valence-corrected chi connectivity index (χ0v) is 15.2. The highest BCUT2D eigenvalue weighted by Crippen LogP contribution is 2.31. The number of allylic oxidation sites excluding steroid dienone is 1. The maximum atomic E-state index is 13.7. The molecule has 1 aliphatic rings. The monoisotopic (exact) mass is 382 g/mol. The van der Waals surface area contributed by atoms with Crippen molar-refractivity contribution in [3.8, 4) is 23.2 Å². The predicted octanol–water partition coefficient (Wildman–Crippen LogP) is 3.74. The van der Waals surface area contributed by atoms with Crippen molar-refractivity contribution >= 4 is 22.8 Å². The zero-order chi connectivity index (χ0) is 19.0. The molecule has 1 fully saturated rings. The first-order valence-electron chi connectivity index (χ1n) is 8.55. The van der Waals surface area contributed by atoms with Gasteiger partial charge in [-0.25, -0.2) is 19.3 Å². The lowest BCUT2D eigenvalue weighted by Crippen LogP contribution is -2.34. The fourth-order valence-corrected chi connectivity index (χ4v) is 3.19. The molecule has 0 amide bonds. The molecule has 1 N–H and O–H groups in total. The Labute approximate surface area is 160 Å². The summed E-state index contributed by atoms with van der Waals surface area (Å²) in [4.78, 5) is 13.2. The van der Waals surface area contributed by atoms with Crippen molar-refractivity contribution in [2.75, 3.05) is 0 Å². The summed E-state index contributed by atoms with van der Waals surface area (Å²) in [6.45, 7) is 4.18. The number of nitrogens with zero attached hydrogens (tertiary/aromatic N) is 4. The fraction of sp³-hybridized carbons (Fsp3) is 0.250. The Morgan fingerprint density at radius 3 is 2.81 bits per heavy atom. The second-order valence-corrected chi connectivity index (χ2v) is 6.85. The van der Waals surface area contributed by atoms with Crippen LogP contribution in [-0.2, 0) is 6.54 Å². The molecule has 5 nitrogen and oxygen atoms in total. The van der Waals surface area contributed by atoms with Crippen molar-refractivity contribution in [1.82, 2.24) is 19.5 Å². The average molecular weight is 383 g/mol. The summed E-state index contributed by atoms with van der Waals surface area (Å²) >= 11 is 6.31. The lowest BCUT2D eigenvalue weighted by Gasteiger charge is -2.30. The molecule has 4 rings (SSSR count). The maximum absolute atomic E-state index is 13.7. The smallest absolute Gasteiger partial charge is 0.208 e. The lowest BCUT2D eigenvalue weighted by molar-refractivity contribution is 0.0239. The summed E-state index contributed by atoms with van der Waals surface area (Å²) in [7, 11) is 0. The topological polar surface area (TPSA) is 63.8 Å². The predicted molar refractivity (Wildman–Crippen MR) is 102 cm³/mol. The van der Waals surface area contributed by atoms with Crippen LogP contribution in [0, 0.1) is 17.7 Å². The molecule has 1 saturated carbocycles. The third-order valence-corrected chi connectivity index (χ3v) is 4.80. The molecule has 3 aromatic rings. The Kier molecular flexibility index (Phi) is 4.42. The molecular weight excluding hydrogens is 367 g/mol. The summed E-state index contributed by atoms with van der Waals surface area (Å²) in [5, 5.41) is 10.3. The van der Waals surface area contributed by atoms with Gasteiger partial charge in [-0.15, -0.1) is 6.58 Å². The average Bonchev–Trinajstić information content (AvgIpc) is 2.98. The first kappa shape index (κ1) is 17.7. The molecule has 0 saturated heterocycles. The van der Waals surface area contributed by atoms with Gasteiger partial charge in [0, 0.05) is 12.1 Å². The summed E-state index contributed by atoms with van der Waals surface area (Å²) in [6, 6.07) is 6.15. The van der Waals surface area contributed by atoms with E-state index in [4.69, 9.17) is 11.6 Å². The first-order valence-corrected chi connectivity index (χ1v) is 8.93. The van der Waals surface area contributed by atoms with E-state index in [-0.39, 0.29) is 16.8 Å². The number of imidazole rings is 1. The molecule has 136 valence electrons. The molecule has 1 aliphatic carbocycles. The largest absolute Gasteiger partial charge is 0.378 e. The Bertz CT molecular complexity index is 1110. The Balaban J connectivity index is 1.87. The SMILES string of the molecule is C=CCn1c(-c2cccc(F)c2)nc2c(Cl)nc(C#CC3(O)CCC3)nc21. The van der Waals surface area contributed by atoms with Crippen LogP contribution in [0.15, 0.2) is 36.9 Å². The summed E-state index contributed by atoms with van der Waals surface area (Å²) in [5.41, 5.74) is 0.533. The molecule has 2 heterocycles. The number of halogens is 2. The van der Waals surface area contributed by atoms with Crippen LogP contribution in [0.25, 0.3) is 22.6 Å². The van der Waals surface area contributed by atoms with Gasteiger partial charge in [0.2, 0.25) is 5.82 Å². The summed E-state index contributed by atoms with van der Waals surface area (Å²) in [5.74, 6) is 6.01. The number of hydrogen-bond acceptors (Lipinski definition) is 4. The van der Waals surface area contributed by atoms with Gasteiger partial charge >= 0.3 is 0 Å². The van der Waals surface area contributed by atoms with Gasteiger partial charge in [-0.3, -0.25) is 0 Å². The standard InChI is InChI=1S/C20H16ClFN4O/c1-2-11-26-18(13-5-3-6-14(22)12-13)25-16-17(21)23-15(24-19(16)26)7-10-20(27)8-4-9-20/h2-3,5-6,12,27H,1,4,8-9,11H2. The molecule has 1 aromatic carbocycles. The van der Waals surface area contributed by atoms with E-state index in [1.807, 2.05) is 0 Å². The second kappa shape index (κ2) is 6.76. The van der Waals surface area contributed by atoms with Crippen molar-refractivity contribution in [2.24, 2.45) is 0 Å². The number of fused-ring (bicyclic) bond motifs is 1.